The zero-order valence-corrected chi connectivity index (χ0v) is 30.6. The standard InChI is InChI=1S/C25H47N5O5.C10H20N2O2/c1-22(32)13-7-5-10-16-28-24(34)20-30(19-23(33)27-15-9-3-4-12-18-31)21-25(35)29-17-11-6-8-14-26-2;1-2-6-10(14)12-8-5-3-4-7-9(11)13/h18,26H,3-17,19-21H2,1-2H3,(H,27,33)(H,28,34)(H,29,35);2-8H2,1H3,(H2,11,13)(H,12,14). The number of amides is 5. The van der Waals surface area contributed by atoms with Gasteiger partial charge in [-0.15, -0.1) is 0 Å². The van der Waals surface area contributed by atoms with Crippen LogP contribution in [0.15, 0.2) is 0 Å². The van der Waals surface area contributed by atoms with Gasteiger partial charge in [-0.2, -0.15) is 0 Å². The lowest BCUT2D eigenvalue weighted by Gasteiger charge is -2.21. The Bertz CT molecular complexity index is 919. The van der Waals surface area contributed by atoms with Crippen LogP contribution in [0.1, 0.15) is 123 Å². The van der Waals surface area contributed by atoms with Crippen LogP contribution >= 0.6 is 0 Å². The third-order valence-electron chi connectivity index (χ3n) is 7.28. The fourth-order valence-electron chi connectivity index (χ4n) is 4.58. The molecular formula is C35H67N7O7. The van der Waals surface area contributed by atoms with E-state index in [1.165, 1.54) is 0 Å². The molecule has 0 bridgehead atoms. The summed E-state index contributed by atoms with van der Waals surface area (Å²) >= 11 is 0. The van der Waals surface area contributed by atoms with Gasteiger partial charge < -0.3 is 41.9 Å². The van der Waals surface area contributed by atoms with Crippen molar-refractivity contribution in [1.82, 2.24) is 31.5 Å². The van der Waals surface area contributed by atoms with Gasteiger partial charge in [-0.3, -0.25) is 28.9 Å². The fraction of sp³-hybridized carbons (Fsp3) is 0.800. The van der Waals surface area contributed by atoms with Crippen LogP contribution in [0, 0.1) is 0 Å². The predicted octanol–water partition coefficient (Wildman–Crippen LogP) is 1.88. The van der Waals surface area contributed by atoms with Crippen molar-refractivity contribution >= 4 is 41.6 Å². The molecule has 0 aromatic rings. The lowest BCUT2D eigenvalue weighted by Crippen LogP contribution is -2.47. The number of unbranched alkanes of at least 4 members (excludes halogenated alkanes) is 9. The third-order valence-corrected chi connectivity index (χ3v) is 7.28. The van der Waals surface area contributed by atoms with Crippen molar-refractivity contribution in [2.45, 2.75) is 123 Å². The number of aldehydes is 1. The van der Waals surface area contributed by atoms with Crippen molar-refractivity contribution in [3.05, 3.63) is 0 Å². The zero-order chi connectivity index (χ0) is 37.0. The van der Waals surface area contributed by atoms with Crippen LogP contribution in [-0.4, -0.2) is 106 Å². The monoisotopic (exact) mass is 698 g/mol. The Morgan fingerprint density at radius 3 is 1.37 bits per heavy atom. The number of carbonyl (C=O) groups excluding carboxylic acids is 7. The van der Waals surface area contributed by atoms with Gasteiger partial charge in [0.2, 0.25) is 29.5 Å². The summed E-state index contributed by atoms with van der Waals surface area (Å²) in [6.07, 6.45) is 14.4. The fourth-order valence-corrected chi connectivity index (χ4v) is 4.58. The highest BCUT2D eigenvalue weighted by atomic mass is 16.2. The maximum Gasteiger partial charge on any atom is 0.234 e. The van der Waals surface area contributed by atoms with Gasteiger partial charge in [-0.05, 0) is 78.3 Å². The van der Waals surface area contributed by atoms with E-state index in [1.54, 1.807) is 11.8 Å². The first kappa shape index (κ1) is 47.7. The predicted molar refractivity (Wildman–Crippen MR) is 193 cm³/mol. The average Bonchev–Trinajstić information content (AvgIpc) is 3.04. The van der Waals surface area contributed by atoms with E-state index in [0.717, 1.165) is 96.3 Å². The Balaban J connectivity index is 0. The number of nitrogens with zero attached hydrogens (tertiary/aromatic N) is 1. The molecule has 284 valence electrons. The minimum atomic E-state index is -0.250. The molecule has 0 radical (unpaired) electrons. The average molecular weight is 698 g/mol. The summed E-state index contributed by atoms with van der Waals surface area (Å²) in [5.74, 6) is -0.657. The van der Waals surface area contributed by atoms with E-state index < -0.39 is 0 Å². The van der Waals surface area contributed by atoms with Crippen LogP contribution in [0.2, 0.25) is 0 Å². The van der Waals surface area contributed by atoms with Crippen molar-refractivity contribution < 1.29 is 33.6 Å². The highest BCUT2D eigenvalue weighted by Gasteiger charge is 2.17. The molecule has 0 atom stereocenters. The quantitative estimate of drug-likeness (QED) is 0.0447. The maximum atomic E-state index is 12.4. The SMILES string of the molecule is CCCC(=O)NCCCCCC(N)=O.CNCCCCCNC(=O)CN(CC(=O)NCCCCCC=O)CC(=O)NCCCCCC(C)=O. The Hall–Kier alpha value is -3.39. The number of ketones is 1. The van der Waals surface area contributed by atoms with Crippen LogP contribution in [0.3, 0.4) is 0 Å². The molecule has 0 fully saturated rings. The van der Waals surface area contributed by atoms with Crippen molar-refractivity contribution in [2.75, 3.05) is 59.4 Å². The van der Waals surface area contributed by atoms with Crippen LogP contribution in [-0.2, 0) is 33.6 Å². The van der Waals surface area contributed by atoms with E-state index in [1.807, 2.05) is 14.0 Å². The van der Waals surface area contributed by atoms with Crippen LogP contribution in [0.25, 0.3) is 0 Å². The third kappa shape index (κ3) is 38.9. The van der Waals surface area contributed by atoms with E-state index >= 15 is 0 Å². The molecule has 0 aliphatic carbocycles. The molecule has 14 heteroatoms. The van der Waals surface area contributed by atoms with Crippen LogP contribution in [0.4, 0.5) is 0 Å². The summed E-state index contributed by atoms with van der Waals surface area (Å²) in [5.41, 5.74) is 4.99. The van der Waals surface area contributed by atoms with Crippen LogP contribution < -0.4 is 32.3 Å². The number of hydrogen-bond acceptors (Lipinski definition) is 9. The van der Waals surface area contributed by atoms with Crippen molar-refractivity contribution in [3.8, 4) is 0 Å². The Labute approximate surface area is 294 Å². The van der Waals surface area contributed by atoms with Gasteiger partial charge in [0, 0.05) is 51.9 Å². The molecule has 14 nitrogen and oxygen atoms in total. The summed E-state index contributed by atoms with van der Waals surface area (Å²) in [7, 11) is 1.91. The normalized spacial score (nSPS) is 10.4. The molecule has 7 N–H and O–H groups in total. The number of primary amides is 1. The number of hydrogen-bond donors (Lipinski definition) is 6. The molecule has 0 rings (SSSR count). The molecule has 0 saturated heterocycles. The summed E-state index contributed by atoms with van der Waals surface area (Å²) in [5, 5.41) is 14.4. The number of carbonyl (C=O) groups is 7. The van der Waals surface area contributed by atoms with Gasteiger partial charge >= 0.3 is 0 Å². The second kappa shape index (κ2) is 35.9. The van der Waals surface area contributed by atoms with Crippen molar-refractivity contribution in [3.63, 3.8) is 0 Å². The lowest BCUT2D eigenvalue weighted by molar-refractivity contribution is -0.128. The van der Waals surface area contributed by atoms with E-state index in [4.69, 9.17) is 5.73 Å². The van der Waals surface area contributed by atoms with Crippen LogP contribution in [0.5, 0.6) is 0 Å². The minimum absolute atomic E-state index is 0.0324. The second-order valence-electron chi connectivity index (χ2n) is 12.3. The molecule has 0 aromatic heterocycles. The molecule has 5 amide bonds. The first-order chi connectivity index (χ1) is 23.5. The largest absolute Gasteiger partial charge is 0.370 e. The first-order valence-electron chi connectivity index (χ1n) is 18.2. The molecular weight excluding hydrogens is 630 g/mol. The minimum Gasteiger partial charge on any atom is -0.370 e. The maximum absolute atomic E-state index is 12.4. The van der Waals surface area contributed by atoms with E-state index in [2.05, 4.69) is 26.6 Å². The van der Waals surface area contributed by atoms with Gasteiger partial charge in [-0.1, -0.05) is 32.6 Å². The number of rotatable bonds is 32. The van der Waals surface area contributed by atoms with E-state index in [9.17, 15) is 33.6 Å². The molecule has 0 aromatic carbocycles. The first-order valence-corrected chi connectivity index (χ1v) is 18.2. The Morgan fingerprint density at radius 2 is 0.959 bits per heavy atom. The number of Topliss-reactive ketones (excluding diaryl/α,β-unsaturated/α-hetero) is 1. The molecule has 0 spiro atoms. The highest BCUT2D eigenvalue weighted by Crippen LogP contribution is 2.01. The summed E-state index contributed by atoms with van der Waals surface area (Å²) in [6, 6.07) is 0. The Kier molecular flexibility index (Phi) is 35.0. The summed E-state index contributed by atoms with van der Waals surface area (Å²) in [6.45, 7) is 6.63. The topological polar surface area (TPSA) is 209 Å². The number of nitrogens with one attached hydrogen (secondary N) is 5. The molecule has 49 heavy (non-hydrogen) atoms. The molecule has 0 unspecified atom stereocenters. The Morgan fingerprint density at radius 1 is 0.551 bits per heavy atom. The number of nitrogens with two attached hydrogens (primary N) is 1. The van der Waals surface area contributed by atoms with Gasteiger partial charge in [0.15, 0.2) is 0 Å². The van der Waals surface area contributed by atoms with Gasteiger partial charge in [0.25, 0.3) is 0 Å². The van der Waals surface area contributed by atoms with Gasteiger partial charge in [0.05, 0.1) is 19.6 Å². The molecule has 0 saturated carbocycles. The molecule has 0 aliphatic rings. The summed E-state index contributed by atoms with van der Waals surface area (Å²) < 4.78 is 0. The van der Waals surface area contributed by atoms with E-state index in [0.29, 0.717) is 51.9 Å². The van der Waals surface area contributed by atoms with Crippen molar-refractivity contribution in [1.29, 1.82) is 0 Å². The highest BCUT2D eigenvalue weighted by molar-refractivity contribution is 5.84. The molecule has 0 heterocycles. The van der Waals surface area contributed by atoms with Gasteiger partial charge in [-0.25, -0.2) is 0 Å². The van der Waals surface area contributed by atoms with E-state index in [-0.39, 0.29) is 55.0 Å². The summed E-state index contributed by atoms with van der Waals surface area (Å²) in [4.78, 5) is 81.3. The second-order valence-corrected chi connectivity index (χ2v) is 12.3. The van der Waals surface area contributed by atoms with Gasteiger partial charge in [0.1, 0.15) is 12.1 Å². The smallest absolute Gasteiger partial charge is 0.234 e. The lowest BCUT2D eigenvalue weighted by atomic mass is 10.1. The van der Waals surface area contributed by atoms with Crippen molar-refractivity contribution in [2.24, 2.45) is 5.73 Å². The molecule has 0 aliphatic heterocycles. The zero-order valence-electron chi connectivity index (χ0n) is 30.6.